The molecule has 0 atom stereocenters. The Morgan fingerprint density at radius 2 is 1.74 bits per heavy atom. The molecule has 0 unspecified atom stereocenters. The summed E-state index contributed by atoms with van der Waals surface area (Å²) < 4.78 is 2.08. The minimum Gasteiger partial charge on any atom is -0.378 e. The maximum Gasteiger partial charge on any atom is 0.235 e. The number of fused-ring (bicyclic) bond motifs is 1. The Kier molecular flexibility index (Phi) is 3.29. The normalized spacial score (nSPS) is 31.7. The third-order valence-corrected chi connectivity index (χ3v) is 8.06. The second kappa shape index (κ2) is 5.53. The number of hydrogen-bond donors (Lipinski definition) is 0. The third kappa shape index (κ3) is 2.38. The van der Waals surface area contributed by atoms with Crippen LogP contribution in [-0.4, -0.2) is 33.9 Å². The van der Waals surface area contributed by atoms with Gasteiger partial charge in [-0.3, -0.25) is 0 Å². The highest BCUT2D eigenvalue weighted by Gasteiger charge is 2.54. The first-order chi connectivity index (χ1) is 13.1. The highest BCUT2D eigenvalue weighted by atomic mass is 32.1. The first-order valence-electron chi connectivity index (χ1n) is 10.1. The fourth-order valence-corrected chi connectivity index (χ4v) is 7.20. The zero-order chi connectivity index (χ0) is 18.2. The number of anilines is 1. The molecule has 4 fully saturated rings. The number of nitrogens with zero attached hydrogens (tertiary/aromatic N) is 5. The van der Waals surface area contributed by atoms with Crippen molar-refractivity contribution in [3.8, 4) is 10.6 Å². The van der Waals surface area contributed by atoms with E-state index in [0.29, 0.717) is 0 Å². The van der Waals surface area contributed by atoms with Gasteiger partial charge < -0.3 is 4.90 Å². The van der Waals surface area contributed by atoms with E-state index in [1.54, 1.807) is 11.3 Å². The van der Waals surface area contributed by atoms with Crippen LogP contribution in [0.1, 0.15) is 44.3 Å². The first-order valence-corrected chi connectivity index (χ1v) is 10.9. The van der Waals surface area contributed by atoms with E-state index in [9.17, 15) is 0 Å². The average Bonchev–Trinajstić information content (AvgIpc) is 3.21. The smallest absolute Gasteiger partial charge is 0.235 e. The lowest BCUT2D eigenvalue weighted by Gasteiger charge is -2.55. The van der Waals surface area contributed by atoms with Crippen molar-refractivity contribution in [3.05, 3.63) is 30.1 Å². The van der Waals surface area contributed by atoms with Crippen molar-refractivity contribution in [2.45, 2.75) is 43.9 Å². The van der Waals surface area contributed by atoms with Crippen molar-refractivity contribution in [1.29, 1.82) is 0 Å². The Morgan fingerprint density at radius 3 is 2.41 bits per heavy atom. The van der Waals surface area contributed by atoms with Gasteiger partial charge in [0.05, 0.1) is 0 Å². The van der Waals surface area contributed by atoms with Gasteiger partial charge in [-0.1, -0.05) is 23.5 Å². The Labute approximate surface area is 163 Å². The molecule has 27 heavy (non-hydrogen) atoms. The number of benzene rings is 1. The summed E-state index contributed by atoms with van der Waals surface area (Å²) in [4.78, 5) is 3.07. The predicted molar refractivity (Wildman–Crippen MR) is 108 cm³/mol. The highest BCUT2D eigenvalue weighted by Crippen LogP contribution is 2.60. The Morgan fingerprint density at radius 1 is 1.04 bits per heavy atom. The van der Waals surface area contributed by atoms with E-state index in [1.165, 1.54) is 44.2 Å². The maximum absolute atomic E-state index is 4.99. The fourth-order valence-electron chi connectivity index (χ4n) is 6.37. The van der Waals surface area contributed by atoms with E-state index in [-0.39, 0.29) is 5.41 Å². The average molecular weight is 380 g/mol. The molecule has 2 heterocycles. The van der Waals surface area contributed by atoms with Gasteiger partial charge in [-0.2, -0.15) is 9.61 Å². The van der Waals surface area contributed by atoms with Crippen LogP contribution >= 0.6 is 11.3 Å². The molecular formula is C21H25N5S. The van der Waals surface area contributed by atoms with Gasteiger partial charge in [0.25, 0.3) is 0 Å². The molecule has 4 saturated carbocycles. The Bertz CT molecular complexity index is 981. The summed E-state index contributed by atoms with van der Waals surface area (Å²) in [5, 5.41) is 15.2. The molecule has 0 N–H and O–H groups in total. The van der Waals surface area contributed by atoms with E-state index in [1.807, 2.05) is 0 Å². The van der Waals surface area contributed by atoms with Crippen molar-refractivity contribution in [1.82, 2.24) is 19.8 Å². The molecule has 0 amide bonds. The van der Waals surface area contributed by atoms with Crippen molar-refractivity contribution < 1.29 is 0 Å². The Hall–Kier alpha value is -1.95. The molecule has 0 spiro atoms. The molecule has 7 rings (SSSR count). The van der Waals surface area contributed by atoms with Crippen LogP contribution in [0, 0.1) is 17.8 Å². The largest absolute Gasteiger partial charge is 0.378 e. The van der Waals surface area contributed by atoms with Gasteiger partial charge in [0.2, 0.25) is 4.96 Å². The molecule has 2 aromatic heterocycles. The summed E-state index contributed by atoms with van der Waals surface area (Å²) in [5.74, 6) is 3.85. The van der Waals surface area contributed by atoms with Gasteiger partial charge in [-0.15, -0.1) is 10.2 Å². The molecule has 0 saturated heterocycles. The number of hydrogen-bond acceptors (Lipinski definition) is 5. The summed E-state index contributed by atoms with van der Waals surface area (Å²) in [7, 11) is 4.14. The lowest BCUT2D eigenvalue weighted by Crippen LogP contribution is -2.49. The third-order valence-electron chi connectivity index (χ3n) is 7.11. The van der Waals surface area contributed by atoms with Gasteiger partial charge in [0.1, 0.15) is 5.01 Å². The minimum atomic E-state index is 0.227. The maximum atomic E-state index is 4.99. The second-order valence-corrected chi connectivity index (χ2v) is 10.2. The number of aromatic nitrogens is 4. The monoisotopic (exact) mass is 379 g/mol. The van der Waals surface area contributed by atoms with Gasteiger partial charge in [-0.25, -0.2) is 0 Å². The molecule has 0 radical (unpaired) electrons. The highest BCUT2D eigenvalue weighted by molar-refractivity contribution is 7.19. The molecule has 140 valence electrons. The molecular weight excluding hydrogens is 354 g/mol. The lowest BCUT2D eigenvalue weighted by atomic mass is 9.49. The zero-order valence-corrected chi connectivity index (χ0v) is 16.7. The molecule has 3 aromatic rings. The van der Waals surface area contributed by atoms with E-state index in [0.717, 1.165) is 39.1 Å². The van der Waals surface area contributed by atoms with Crippen LogP contribution in [0.25, 0.3) is 15.5 Å². The second-order valence-electron chi connectivity index (χ2n) is 9.27. The van der Waals surface area contributed by atoms with Crippen LogP contribution in [0.5, 0.6) is 0 Å². The topological polar surface area (TPSA) is 46.3 Å². The van der Waals surface area contributed by atoms with Crippen molar-refractivity contribution in [2.24, 2.45) is 17.8 Å². The van der Waals surface area contributed by atoms with Crippen molar-refractivity contribution in [2.75, 3.05) is 19.0 Å². The van der Waals surface area contributed by atoms with Crippen LogP contribution in [0.3, 0.4) is 0 Å². The standard InChI is InChI=1S/C21H25N5S/c1-25(2)17-5-3-4-16(9-17)18-24-26-19(22-23-20(26)27-18)21-10-13-6-14(11-21)8-15(7-13)12-21/h3-5,9,13-15H,6-8,10-12H2,1-2H3. The molecule has 4 aliphatic carbocycles. The van der Waals surface area contributed by atoms with E-state index < -0.39 is 0 Å². The zero-order valence-electron chi connectivity index (χ0n) is 15.9. The quantitative estimate of drug-likeness (QED) is 0.677. The van der Waals surface area contributed by atoms with Gasteiger partial charge in [0, 0.05) is 30.8 Å². The van der Waals surface area contributed by atoms with Crippen LogP contribution in [0.4, 0.5) is 5.69 Å². The van der Waals surface area contributed by atoms with E-state index in [2.05, 4.69) is 58.0 Å². The van der Waals surface area contributed by atoms with E-state index >= 15 is 0 Å². The van der Waals surface area contributed by atoms with E-state index in [4.69, 9.17) is 5.10 Å². The van der Waals surface area contributed by atoms with Crippen molar-refractivity contribution in [3.63, 3.8) is 0 Å². The molecule has 4 aliphatic rings. The molecule has 1 aromatic carbocycles. The van der Waals surface area contributed by atoms with Crippen molar-refractivity contribution >= 4 is 22.0 Å². The molecule has 5 nitrogen and oxygen atoms in total. The van der Waals surface area contributed by atoms with Crippen LogP contribution < -0.4 is 4.90 Å². The molecule has 4 bridgehead atoms. The molecule has 0 aliphatic heterocycles. The SMILES string of the molecule is CN(C)c1cccc(-c2nn3c(C45CC6CC(CC(C6)C4)C5)nnc3s2)c1. The first kappa shape index (κ1) is 16.0. The van der Waals surface area contributed by atoms with Crippen LogP contribution in [-0.2, 0) is 5.41 Å². The predicted octanol–water partition coefficient (Wildman–Crippen LogP) is 4.39. The van der Waals surface area contributed by atoms with Gasteiger partial charge in [-0.05, 0) is 68.4 Å². The van der Waals surface area contributed by atoms with Crippen LogP contribution in [0.15, 0.2) is 24.3 Å². The summed E-state index contributed by atoms with van der Waals surface area (Å²) in [6.07, 6.45) is 8.22. The fraction of sp³-hybridized carbons (Fsp3) is 0.571. The number of rotatable bonds is 3. The summed E-state index contributed by atoms with van der Waals surface area (Å²) in [5.41, 5.74) is 2.58. The lowest BCUT2D eigenvalue weighted by molar-refractivity contribution is -0.0103. The molecule has 6 heteroatoms. The minimum absolute atomic E-state index is 0.227. The summed E-state index contributed by atoms with van der Waals surface area (Å²) >= 11 is 1.66. The van der Waals surface area contributed by atoms with Gasteiger partial charge >= 0.3 is 0 Å². The Balaban J connectivity index is 1.43. The summed E-state index contributed by atoms with van der Waals surface area (Å²) in [6, 6.07) is 8.58. The summed E-state index contributed by atoms with van der Waals surface area (Å²) in [6.45, 7) is 0. The van der Waals surface area contributed by atoms with Gasteiger partial charge in [0.15, 0.2) is 5.82 Å². The van der Waals surface area contributed by atoms with Crippen LogP contribution in [0.2, 0.25) is 0 Å².